The topological polar surface area (TPSA) is 72.8 Å². The maximum Gasteiger partial charge on any atom is 0.335 e. The van der Waals surface area contributed by atoms with Gasteiger partial charge in [-0.25, -0.2) is 4.79 Å². The summed E-state index contributed by atoms with van der Waals surface area (Å²) in [5.41, 5.74) is 2.51. The molecule has 5 nitrogen and oxygen atoms in total. The van der Waals surface area contributed by atoms with E-state index in [2.05, 4.69) is 6.92 Å². The van der Waals surface area contributed by atoms with Gasteiger partial charge in [-0.05, 0) is 59.9 Å². The van der Waals surface area contributed by atoms with Crippen molar-refractivity contribution in [1.82, 2.24) is 0 Å². The summed E-state index contributed by atoms with van der Waals surface area (Å²) in [5, 5.41) is 8.14. The maximum absolute atomic E-state index is 11.9. The third-order valence-corrected chi connectivity index (χ3v) is 7.02. The summed E-state index contributed by atoms with van der Waals surface area (Å²) in [6.45, 7) is 6.86. The monoisotopic (exact) mass is 552 g/mol. The molecule has 3 aromatic carbocycles. The van der Waals surface area contributed by atoms with Gasteiger partial charge in [0.15, 0.2) is 0 Å². The predicted octanol–water partition coefficient (Wildman–Crippen LogP) is 9.04. The smallest absolute Gasteiger partial charge is 0.335 e. The molecule has 0 heterocycles. The zero-order chi connectivity index (χ0) is 28.5. The Bertz CT molecular complexity index is 1100. The number of carbonyl (C=O) groups is 2. The summed E-state index contributed by atoms with van der Waals surface area (Å²) in [7, 11) is 0. The van der Waals surface area contributed by atoms with Gasteiger partial charge in [-0.3, -0.25) is 4.79 Å². The lowest BCUT2D eigenvalue weighted by molar-refractivity contribution is -0.134. The summed E-state index contributed by atoms with van der Waals surface area (Å²) in [4.78, 5) is 22.6. The van der Waals surface area contributed by atoms with Crippen molar-refractivity contribution in [2.75, 3.05) is 6.61 Å². The quantitative estimate of drug-likeness (QED) is 0.0934. The second kappa shape index (κ2) is 18.1. The van der Waals surface area contributed by atoms with Gasteiger partial charge in [0.25, 0.3) is 0 Å². The fourth-order valence-corrected chi connectivity index (χ4v) is 3.95. The largest absolute Gasteiger partial charge is 0.494 e. The number of aromatic carboxylic acids is 1. The van der Waals surface area contributed by atoms with Crippen LogP contribution in [0.5, 0.6) is 11.5 Å². The highest BCUT2D eigenvalue weighted by atomic mass is 35.5. The van der Waals surface area contributed by atoms with Crippen LogP contribution in [0.3, 0.4) is 0 Å². The normalized spacial score (nSPS) is 12.0. The Morgan fingerprint density at radius 3 is 1.92 bits per heavy atom. The summed E-state index contributed by atoms with van der Waals surface area (Å²) in [6.07, 6.45) is 8.27. The van der Waals surface area contributed by atoms with Gasteiger partial charge in [-0.15, -0.1) is 11.6 Å². The van der Waals surface area contributed by atoms with Crippen LogP contribution in [-0.4, -0.2) is 29.0 Å². The number of rotatable bonds is 14. The van der Waals surface area contributed by atoms with E-state index in [0.717, 1.165) is 29.7 Å². The Labute approximate surface area is 238 Å². The fraction of sp³-hybridized carbons (Fsp3) is 0.394. The van der Waals surface area contributed by atoms with Gasteiger partial charge < -0.3 is 14.6 Å². The molecule has 0 aromatic heterocycles. The Kier molecular flexibility index (Phi) is 14.8. The molecule has 2 unspecified atom stereocenters. The minimum absolute atomic E-state index is 0.0998. The van der Waals surface area contributed by atoms with Crippen molar-refractivity contribution in [2.45, 2.75) is 71.1 Å². The molecule has 0 radical (unpaired) electrons. The predicted molar refractivity (Wildman–Crippen MR) is 159 cm³/mol. The molecule has 6 heteroatoms. The van der Waals surface area contributed by atoms with Gasteiger partial charge in [0.2, 0.25) is 0 Å². The lowest BCUT2D eigenvalue weighted by Crippen LogP contribution is -2.26. The van der Waals surface area contributed by atoms with Gasteiger partial charge >= 0.3 is 11.9 Å². The number of hydrogen-bond donors (Lipinski definition) is 1. The molecule has 0 aliphatic rings. The first kappa shape index (κ1) is 31.9. The van der Waals surface area contributed by atoms with Crippen LogP contribution in [-0.2, 0) is 4.79 Å². The van der Waals surface area contributed by atoms with Crippen molar-refractivity contribution in [1.29, 1.82) is 0 Å². The van der Waals surface area contributed by atoms with Crippen LogP contribution in [0.2, 0.25) is 0 Å². The number of ether oxygens (including phenoxy) is 2. The second-order valence-electron chi connectivity index (χ2n) is 9.54. The van der Waals surface area contributed by atoms with E-state index in [4.69, 9.17) is 26.2 Å². The van der Waals surface area contributed by atoms with Gasteiger partial charge in [0, 0.05) is 0 Å². The fourth-order valence-electron chi connectivity index (χ4n) is 3.72. The average molecular weight is 553 g/mol. The molecular weight excluding hydrogens is 512 g/mol. The number of hydrogen-bond acceptors (Lipinski definition) is 4. The SMILES string of the molecule is CCC(C)C(Cl)C(=O)Oc1ccc(-c2ccccc2)cc1.CCCCCCCCOc1ccc(C(=O)O)cc1. The van der Waals surface area contributed by atoms with E-state index >= 15 is 0 Å². The maximum atomic E-state index is 11.9. The second-order valence-corrected chi connectivity index (χ2v) is 10.0. The molecule has 2 atom stereocenters. The number of benzene rings is 3. The van der Waals surface area contributed by atoms with E-state index < -0.39 is 17.3 Å². The molecule has 0 aliphatic carbocycles. The van der Waals surface area contributed by atoms with E-state index in [1.165, 1.54) is 32.1 Å². The van der Waals surface area contributed by atoms with E-state index in [-0.39, 0.29) is 5.92 Å². The number of alkyl halides is 1. The molecule has 3 aromatic rings. The van der Waals surface area contributed by atoms with Crippen molar-refractivity contribution >= 4 is 23.5 Å². The minimum Gasteiger partial charge on any atom is -0.494 e. The summed E-state index contributed by atoms with van der Waals surface area (Å²) < 4.78 is 10.9. The summed E-state index contributed by atoms with van der Waals surface area (Å²) in [5.74, 6) is 0.0703. The molecule has 0 amide bonds. The number of carboxylic acid groups (broad SMARTS) is 1. The third-order valence-electron chi connectivity index (χ3n) is 6.42. The van der Waals surface area contributed by atoms with Gasteiger partial charge in [-0.1, -0.05) is 102 Å². The Balaban J connectivity index is 0.000000277. The molecule has 1 N–H and O–H groups in total. The molecule has 0 saturated heterocycles. The molecule has 0 spiro atoms. The standard InChI is InChI=1S/C18H19ClO2.C15H22O3/c1-3-13(2)17(19)18(20)21-16-11-9-15(10-12-16)14-7-5-4-6-8-14;1-2-3-4-5-6-7-12-18-14-10-8-13(9-11-14)15(16)17/h4-13,17H,3H2,1-2H3;8-11H,2-7,12H2,1H3,(H,16,17). The minimum atomic E-state index is -0.905. The number of unbranched alkanes of at least 4 members (excludes halogenated alkanes) is 5. The Morgan fingerprint density at radius 1 is 0.769 bits per heavy atom. The van der Waals surface area contributed by atoms with Crippen LogP contribution in [0.25, 0.3) is 11.1 Å². The van der Waals surface area contributed by atoms with Crippen molar-refractivity contribution in [3.8, 4) is 22.6 Å². The van der Waals surface area contributed by atoms with Crippen molar-refractivity contribution in [3.63, 3.8) is 0 Å². The molecule has 39 heavy (non-hydrogen) atoms. The highest BCUT2D eigenvalue weighted by Crippen LogP contribution is 2.23. The number of esters is 1. The zero-order valence-corrected chi connectivity index (χ0v) is 24.0. The van der Waals surface area contributed by atoms with E-state index in [1.807, 2.05) is 56.3 Å². The highest BCUT2D eigenvalue weighted by molar-refractivity contribution is 6.30. The lowest BCUT2D eigenvalue weighted by atomic mass is 10.0. The molecule has 0 saturated carbocycles. The molecule has 0 bridgehead atoms. The van der Waals surface area contributed by atoms with Gasteiger partial charge in [0.05, 0.1) is 12.2 Å². The van der Waals surface area contributed by atoms with E-state index in [0.29, 0.717) is 17.9 Å². The van der Waals surface area contributed by atoms with Crippen LogP contribution in [0, 0.1) is 5.92 Å². The van der Waals surface area contributed by atoms with Crippen LogP contribution < -0.4 is 9.47 Å². The third kappa shape index (κ3) is 12.0. The molecule has 0 aliphatic heterocycles. The van der Waals surface area contributed by atoms with Gasteiger partial charge in [-0.2, -0.15) is 0 Å². The van der Waals surface area contributed by atoms with E-state index in [1.54, 1.807) is 36.4 Å². The lowest BCUT2D eigenvalue weighted by Gasteiger charge is -2.15. The number of carbonyl (C=O) groups excluding carboxylic acids is 1. The van der Waals surface area contributed by atoms with E-state index in [9.17, 15) is 9.59 Å². The Morgan fingerprint density at radius 2 is 1.33 bits per heavy atom. The molecular formula is C33H41ClO5. The summed E-state index contributed by atoms with van der Waals surface area (Å²) >= 11 is 6.08. The summed E-state index contributed by atoms with van der Waals surface area (Å²) in [6, 6.07) is 24.1. The first-order chi connectivity index (χ1) is 18.8. The highest BCUT2D eigenvalue weighted by Gasteiger charge is 2.23. The average Bonchev–Trinajstić information content (AvgIpc) is 2.97. The molecule has 3 rings (SSSR count). The van der Waals surface area contributed by atoms with Crippen LogP contribution in [0.4, 0.5) is 0 Å². The molecule has 210 valence electrons. The van der Waals surface area contributed by atoms with Crippen molar-refractivity contribution in [2.24, 2.45) is 5.92 Å². The number of halogens is 1. The van der Waals surface area contributed by atoms with Crippen LogP contribution in [0.15, 0.2) is 78.9 Å². The first-order valence-corrected chi connectivity index (χ1v) is 14.3. The van der Waals surface area contributed by atoms with Crippen LogP contribution >= 0.6 is 11.6 Å². The van der Waals surface area contributed by atoms with Crippen molar-refractivity contribution < 1.29 is 24.2 Å². The van der Waals surface area contributed by atoms with Crippen molar-refractivity contribution in [3.05, 3.63) is 84.4 Å². The zero-order valence-electron chi connectivity index (χ0n) is 23.3. The Hall–Kier alpha value is -3.31. The number of carboxylic acids is 1. The van der Waals surface area contributed by atoms with Crippen LogP contribution in [0.1, 0.15) is 76.1 Å². The first-order valence-electron chi connectivity index (χ1n) is 13.8. The van der Waals surface area contributed by atoms with Gasteiger partial charge in [0.1, 0.15) is 16.9 Å². The molecule has 0 fully saturated rings.